The minimum atomic E-state index is -0.460. The van der Waals surface area contributed by atoms with Crippen LogP contribution in [0.4, 0.5) is 10.5 Å². The van der Waals surface area contributed by atoms with E-state index in [4.69, 9.17) is 27.9 Å². The molecule has 3 aromatic carbocycles. The molecule has 0 aromatic heterocycles. The lowest BCUT2D eigenvalue weighted by Crippen LogP contribution is -2.27. The average molecular weight is 673 g/mol. The Morgan fingerprint density at radius 1 is 0.972 bits per heavy atom. The molecule has 4 rings (SSSR count). The van der Waals surface area contributed by atoms with Crippen molar-refractivity contribution in [3.63, 3.8) is 0 Å². The van der Waals surface area contributed by atoms with Gasteiger partial charge in [0, 0.05) is 12.1 Å². The third kappa shape index (κ3) is 6.12. The Labute approximate surface area is 236 Å². The maximum absolute atomic E-state index is 12.9. The number of hydrogen-bond donors (Lipinski definition) is 0. The van der Waals surface area contributed by atoms with E-state index >= 15 is 0 Å². The molecule has 1 heterocycles. The lowest BCUT2D eigenvalue weighted by molar-refractivity contribution is -0.384. The SMILES string of the molecule is O=C1S/C(=C\c2cc(Br)c(OCc3ccc([N+](=O)[O-])cc3)c(Br)c2)C(=O)N1Cc1ccc(Cl)c(Cl)c1. The molecule has 2 amide bonds. The van der Waals surface area contributed by atoms with E-state index in [9.17, 15) is 19.7 Å². The van der Waals surface area contributed by atoms with Gasteiger partial charge in [-0.1, -0.05) is 29.3 Å². The Balaban J connectivity index is 1.47. The first-order chi connectivity index (χ1) is 17.1. The number of nitro groups is 1. The van der Waals surface area contributed by atoms with Gasteiger partial charge in [-0.3, -0.25) is 24.6 Å². The minimum Gasteiger partial charge on any atom is -0.487 e. The molecule has 1 aliphatic rings. The summed E-state index contributed by atoms with van der Waals surface area (Å²) in [7, 11) is 0. The first-order valence-corrected chi connectivity index (χ1v) is 13.3. The minimum absolute atomic E-state index is 0.00634. The smallest absolute Gasteiger partial charge is 0.293 e. The van der Waals surface area contributed by atoms with Gasteiger partial charge in [-0.2, -0.15) is 0 Å². The van der Waals surface area contributed by atoms with Gasteiger partial charge in [0.1, 0.15) is 12.4 Å². The zero-order chi connectivity index (χ0) is 26.0. The van der Waals surface area contributed by atoms with Crippen molar-refractivity contribution >= 4 is 89.7 Å². The molecule has 0 spiro atoms. The summed E-state index contributed by atoms with van der Waals surface area (Å²) in [6.07, 6.45) is 1.63. The number of halogens is 4. The van der Waals surface area contributed by atoms with E-state index in [1.165, 1.54) is 12.1 Å². The lowest BCUT2D eigenvalue weighted by atomic mass is 10.2. The van der Waals surface area contributed by atoms with E-state index in [1.54, 1.807) is 48.5 Å². The zero-order valence-electron chi connectivity index (χ0n) is 18.0. The monoisotopic (exact) mass is 670 g/mol. The zero-order valence-corrected chi connectivity index (χ0v) is 23.5. The maximum Gasteiger partial charge on any atom is 0.293 e. The number of ether oxygens (including phenoxy) is 1. The van der Waals surface area contributed by atoms with Gasteiger partial charge in [-0.05, 0) is 103 Å². The number of rotatable bonds is 7. The summed E-state index contributed by atoms with van der Waals surface area (Å²) in [6.45, 7) is 0.282. The van der Waals surface area contributed by atoms with Gasteiger partial charge in [0.25, 0.3) is 16.8 Å². The molecular formula is C24H14Br2Cl2N2O5S. The summed E-state index contributed by atoms with van der Waals surface area (Å²) < 4.78 is 7.13. The number of nitro benzene ring substituents is 1. The predicted molar refractivity (Wildman–Crippen MR) is 147 cm³/mol. The van der Waals surface area contributed by atoms with E-state index in [0.717, 1.165) is 22.2 Å². The third-order valence-corrected chi connectivity index (χ3v) is 7.87. The van der Waals surface area contributed by atoms with Crippen LogP contribution in [-0.4, -0.2) is 21.0 Å². The molecule has 1 aliphatic heterocycles. The normalized spacial score (nSPS) is 14.6. The highest BCUT2D eigenvalue weighted by atomic mass is 79.9. The number of carbonyl (C=O) groups is 2. The summed E-state index contributed by atoms with van der Waals surface area (Å²) in [5.41, 5.74) is 2.13. The summed E-state index contributed by atoms with van der Waals surface area (Å²) in [5, 5.41) is 11.2. The Bertz CT molecular complexity index is 1390. The molecule has 0 N–H and O–H groups in total. The van der Waals surface area contributed by atoms with Gasteiger partial charge in [0.15, 0.2) is 0 Å². The van der Waals surface area contributed by atoms with E-state index in [2.05, 4.69) is 31.9 Å². The molecule has 36 heavy (non-hydrogen) atoms. The first-order valence-electron chi connectivity index (χ1n) is 10.2. The van der Waals surface area contributed by atoms with Crippen LogP contribution in [0.3, 0.4) is 0 Å². The standard InChI is InChI=1S/C24H14Br2Cl2N2O5S/c25-17-7-15(8-18(26)22(17)35-12-13-1-4-16(5-2-13)30(33)34)10-21-23(31)29(24(32)36-21)11-14-3-6-19(27)20(28)9-14/h1-10H,11-12H2/b21-10-. The van der Waals surface area contributed by atoms with E-state index in [-0.39, 0.29) is 24.1 Å². The molecular weight excluding hydrogens is 659 g/mol. The van der Waals surface area contributed by atoms with Crippen LogP contribution >= 0.6 is 66.8 Å². The largest absolute Gasteiger partial charge is 0.487 e. The van der Waals surface area contributed by atoms with Crippen LogP contribution in [0.15, 0.2) is 68.4 Å². The molecule has 184 valence electrons. The van der Waals surface area contributed by atoms with Crippen molar-refractivity contribution in [1.29, 1.82) is 0 Å². The number of non-ortho nitro benzene ring substituents is 1. The highest BCUT2D eigenvalue weighted by Crippen LogP contribution is 2.38. The van der Waals surface area contributed by atoms with Crippen LogP contribution in [0, 0.1) is 10.1 Å². The van der Waals surface area contributed by atoms with Crippen molar-refractivity contribution in [2.75, 3.05) is 0 Å². The molecule has 0 saturated carbocycles. The molecule has 1 fully saturated rings. The summed E-state index contributed by atoms with van der Waals surface area (Å²) in [5.74, 6) is 0.125. The van der Waals surface area contributed by atoms with Gasteiger partial charge in [-0.25, -0.2) is 0 Å². The van der Waals surface area contributed by atoms with Crippen molar-refractivity contribution < 1.29 is 19.2 Å². The second-order valence-electron chi connectivity index (χ2n) is 7.54. The van der Waals surface area contributed by atoms with Crippen LogP contribution in [0.25, 0.3) is 6.08 Å². The van der Waals surface area contributed by atoms with Gasteiger partial charge in [0.2, 0.25) is 0 Å². The second-order valence-corrected chi connectivity index (χ2v) is 11.1. The highest BCUT2D eigenvalue weighted by Gasteiger charge is 2.35. The van der Waals surface area contributed by atoms with Crippen molar-refractivity contribution in [2.24, 2.45) is 0 Å². The first kappa shape index (κ1) is 26.7. The number of carbonyl (C=O) groups excluding carboxylic acids is 2. The van der Waals surface area contributed by atoms with E-state index < -0.39 is 10.8 Å². The Morgan fingerprint density at radius 3 is 2.22 bits per heavy atom. The molecule has 0 unspecified atom stereocenters. The molecule has 0 atom stereocenters. The van der Waals surface area contributed by atoms with Crippen molar-refractivity contribution in [3.8, 4) is 5.75 Å². The Morgan fingerprint density at radius 2 is 1.61 bits per heavy atom. The molecule has 1 saturated heterocycles. The maximum atomic E-state index is 12.9. The van der Waals surface area contributed by atoms with E-state index in [1.807, 2.05) is 0 Å². The fourth-order valence-electron chi connectivity index (χ4n) is 3.28. The van der Waals surface area contributed by atoms with Crippen LogP contribution in [-0.2, 0) is 17.9 Å². The number of imide groups is 1. The van der Waals surface area contributed by atoms with Gasteiger partial charge in [0.05, 0.1) is 35.4 Å². The fraction of sp³-hybridized carbons (Fsp3) is 0.0833. The van der Waals surface area contributed by atoms with Crippen LogP contribution in [0.2, 0.25) is 10.0 Å². The highest BCUT2D eigenvalue weighted by molar-refractivity contribution is 9.11. The predicted octanol–water partition coefficient (Wildman–Crippen LogP) is 8.24. The molecule has 3 aromatic rings. The van der Waals surface area contributed by atoms with Crippen molar-refractivity contribution in [3.05, 3.63) is 105 Å². The third-order valence-electron chi connectivity index (χ3n) is 5.05. The number of nitrogens with zero attached hydrogens (tertiary/aromatic N) is 2. The van der Waals surface area contributed by atoms with Crippen LogP contribution < -0.4 is 4.74 Å². The number of hydrogen-bond acceptors (Lipinski definition) is 6. The van der Waals surface area contributed by atoms with Crippen molar-refractivity contribution in [1.82, 2.24) is 4.90 Å². The summed E-state index contributed by atoms with van der Waals surface area (Å²) in [4.78, 5) is 37.2. The molecule has 7 nitrogen and oxygen atoms in total. The number of benzene rings is 3. The topological polar surface area (TPSA) is 89.7 Å². The number of amides is 2. The molecule has 12 heteroatoms. The summed E-state index contributed by atoms with van der Waals surface area (Å²) >= 11 is 19.8. The van der Waals surface area contributed by atoms with Gasteiger partial charge in [-0.15, -0.1) is 0 Å². The second kappa shape index (κ2) is 11.4. The van der Waals surface area contributed by atoms with E-state index in [0.29, 0.717) is 40.8 Å². The number of thioether (sulfide) groups is 1. The van der Waals surface area contributed by atoms with Crippen molar-refractivity contribution in [2.45, 2.75) is 13.2 Å². The Kier molecular flexibility index (Phi) is 8.41. The quantitative estimate of drug-likeness (QED) is 0.143. The molecule has 0 radical (unpaired) electrons. The lowest BCUT2D eigenvalue weighted by Gasteiger charge is -2.13. The average Bonchev–Trinajstić information content (AvgIpc) is 3.08. The van der Waals surface area contributed by atoms with Crippen LogP contribution in [0.5, 0.6) is 5.75 Å². The van der Waals surface area contributed by atoms with Gasteiger partial charge < -0.3 is 4.74 Å². The van der Waals surface area contributed by atoms with Crippen LogP contribution in [0.1, 0.15) is 16.7 Å². The Hall–Kier alpha value is -2.37. The fourth-order valence-corrected chi connectivity index (χ4v) is 5.89. The molecule has 0 aliphatic carbocycles. The molecule has 0 bridgehead atoms. The summed E-state index contributed by atoms with van der Waals surface area (Å²) in [6, 6.07) is 14.6. The van der Waals surface area contributed by atoms with Gasteiger partial charge >= 0.3 is 0 Å².